The topological polar surface area (TPSA) is 87.0 Å². The van der Waals surface area contributed by atoms with Crippen LogP contribution >= 0.6 is 11.6 Å². The molecule has 0 amide bonds. The van der Waals surface area contributed by atoms with E-state index in [1.807, 2.05) is 0 Å². The summed E-state index contributed by atoms with van der Waals surface area (Å²) in [4.78, 5) is 14.7. The van der Waals surface area contributed by atoms with E-state index in [1.165, 1.54) is 6.07 Å². The van der Waals surface area contributed by atoms with Crippen LogP contribution in [-0.2, 0) is 6.42 Å². The Morgan fingerprint density at radius 1 is 1.50 bits per heavy atom. The Bertz CT molecular complexity index is 582. The summed E-state index contributed by atoms with van der Waals surface area (Å²) in [7, 11) is 0. The molecule has 0 aliphatic carbocycles. The molecule has 0 aliphatic rings. The van der Waals surface area contributed by atoms with E-state index in [0.29, 0.717) is 29.5 Å². The van der Waals surface area contributed by atoms with E-state index in [4.69, 9.17) is 17.3 Å². The van der Waals surface area contributed by atoms with Gasteiger partial charge in [-0.15, -0.1) is 0 Å². The lowest BCUT2D eigenvalue weighted by molar-refractivity contribution is -0.384. The van der Waals surface area contributed by atoms with E-state index in [9.17, 15) is 10.1 Å². The van der Waals surface area contributed by atoms with Gasteiger partial charge in [0, 0.05) is 29.9 Å². The molecule has 7 heteroatoms. The highest BCUT2D eigenvalue weighted by Gasteiger charge is 2.17. The van der Waals surface area contributed by atoms with Crippen LogP contribution in [0.3, 0.4) is 0 Å². The van der Waals surface area contributed by atoms with Gasteiger partial charge in [0.15, 0.2) is 0 Å². The van der Waals surface area contributed by atoms with E-state index >= 15 is 0 Å². The van der Waals surface area contributed by atoms with Gasteiger partial charge in [-0.3, -0.25) is 14.7 Å². The average molecular weight is 267 g/mol. The summed E-state index contributed by atoms with van der Waals surface area (Å²) >= 11 is 5.77. The number of nitrogens with zero attached hydrogens (tertiary/aromatic N) is 3. The van der Waals surface area contributed by atoms with Crippen LogP contribution in [0.25, 0.3) is 5.69 Å². The molecule has 0 fully saturated rings. The molecule has 0 saturated heterocycles. The Morgan fingerprint density at radius 3 is 2.94 bits per heavy atom. The van der Waals surface area contributed by atoms with Crippen molar-refractivity contribution < 1.29 is 4.92 Å². The first-order valence-corrected chi connectivity index (χ1v) is 5.68. The third-order valence-electron chi connectivity index (χ3n) is 2.48. The summed E-state index contributed by atoms with van der Waals surface area (Å²) in [6, 6.07) is 4.53. The molecule has 1 aromatic heterocycles. The lowest BCUT2D eigenvalue weighted by Gasteiger charge is -2.08. The number of hydrogen-bond acceptors (Lipinski definition) is 4. The minimum Gasteiger partial charge on any atom is -0.330 e. The van der Waals surface area contributed by atoms with Gasteiger partial charge in [0.05, 0.1) is 4.92 Å². The molecule has 6 nitrogen and oxygen atoms in total. The Morgan fingerprint density at radius 2 is 2.28 bits per heavy atom. The SMILES string of the molecule is NCCc1nccn1-c1ccc(Cl)cc1[N+](=O)[O-]. The Hall–Kier alpha value is -1.92. The van der Waals surface area contributed by atoms with Gasteiger partial charge in [-0.25, -0.2) is 4.98 Å². The maximum absolute atomic E-state index is 11.0. The fraction of sp³-hybridized carbons (Fsp3) is 0.182. The molecule has 0 spiro atoms. The Labute approximate surface area is 108 Å². The summed E-state index contributed by atoms with van der Waals surface area (Å²) < 4.78 is 1.65. The third-order valence-corrected chi connectivity index (χ3v) is 2.71. The van der Waals surface area contributed by atoms with Gasteiger partial charge < -0.3 is 5.73 Å². The number of nitro benzene ring substituents is 1. The van der Waals surface area contributed by atoms with Crippen LogP contribution in [0.2, 0.25) is 5.02 Å². The fourth-order valence-electron chi connectivity index (χ4n) is 1.71. The number of imidazole rings is 1. The van der Waals surface area contributed by atoms with E-state index in [0.717, 1.165) is 0 Å². The largest absolute Gasteiger partial charge is 0.330 e. The highest BCUT2D eigenvalue weighted by molar-refractivity contribution is 6.30. The van der Waals surface area contributed by atoms with Crippen LogP contribution in [0.1, 0.15) is 5.82 Å². The minimum atomic E-state index is -0.465. The summed E-state index contributed by atoms with van der Waals surface area (Å²) in [6.07, 6.45) is 3.80. The second-order valence-electron chi connectivity index (χ2n) is 3.64. The molecule has 0 radical (unpaired) electrons. The molecule has 1 heterocycles. The molecular formula is C11H11ClN4O2. The molecule has 0 atom stereocenters. The van der Waals surface area contributed by atoms with Gasteiger partial charge in [-0.1, -0.05) is 11.6 Å². The predicted octanol–water partition coefficient (Wildman–Crippen LogP) is 1.94. The second-order valence-corrected chi connectivity index (χ2v) is 4.08. The van der Waals surface area contributed by atoms with Crippen LogP contribution in [0.15, 0.2) is 30.6 Å². The summed E-state index contributed by atoms with van der Waals surface area (Å²) in [6.45, 7) is 0.429. The van der Waals surface area contributed by atoms with E-state index in [-0.39, 0.29) is 5.69 Å². The number of halogens is 1. The van der Waals surface area contributed by atoms with Gasteiger partial charge in [0.1, 0.15) is 11.5 Å². The fourth-order valence-corrected chi connectivity index (χ4v) is 1.88. The van der Waals surface area contributed by atoms with E-state index in [1.54, 1.807) is 29.1 Å². The molecule has 1 aromatic carbocycles. The van der Waals surface area contributed by atoms with Crippen molar-refractivity contribution >= 4 is 17.3 Å². The summed E-state index contributed by atoms with van der Waals surface area (Å²) in [5, 5.41) is 11.4. The highest BCUT2D eigenvalue weighted by atomic mass is 35.5. The van der Waals surface area contributed by atoms with Gasteiger partial charge in [-0.05, 0) is 18.7 Å². The zero-order valence-corrected chi connectivity index (χ0v) is 10.2. The molecule has 2 N–H and O–H groups in total. The molecule has 2 aromatic rings. The van der Waals surface area contributed by atoms with Crippen LogP contribution in [0.5, 0.6) is 0 Å². The van der Waals surface area contributed by atoms with Crippen molar-refractivity contribution in [1.29, 1.82) is 0 Å². The van der Waals surface area contributed by atoms with Gasteiger partial charge in [-0.2, -0.15) is 0 Å². The number of nitro groups is 1. The summed E-state index contributed by atoms with van der Waals surface area (Å²) in [5.41, 5.74) is 5.86. The molecular weight excluding hydrogens is 256 g/mol. The molecule has 0 unspecified atom stereocenters. The maximum Gasteiger partial charge on any atom is 0.294 e. The van der Waals surface area contributed by atoms with E-state index in [2.05, 4.69) is 4.98 Å². The van der Waals surface area contributed by atoms with Crippen LogP contribution in [-0.4, -0.2) is 21.0 Å². The van der Waals surface area contributed by atoms with Crippen molar-refractivity contribution in [3.05, 3.63) is 51.6 Å². The van der Waals surface area contributed by atoms with Gasteiger partial charge >= 0.3 is 0 Å². The van der Waals surface area contributed by atoms with Crippen molar-refractivity contribution in [1.82, 2.24) is 9.55 Å². The lowest BCUT2D eigenvalue weighted by Crippen LogP contribution is -2.09. The van der Waals surface area contributed by atoms with Crippen LogP contribution < -0.4 is 5.73 Å². The molecule has 18 heavy (non-hydrogen) atoms. The van der Waals surface area contributed by atoms with Crippen molar-refractivity contribution in [2.24, 2.45) is 5.73 Å². The smallest absolute Gasteiger partial charge is 0.294 e. The first kappa shape index (κ1) is 12.5. The Kier molecular flexibility index (Phi) is 3.59. The van der Waals surface area contributed by atoms with Crippen molar-refractivity contribution in [3.63, 3.8) is 0 Å². The number of aromatic nitrogens is 2. The average Bonchev–Trinajstić information content (AvgIpc) is 2.77. The number of rotatable bonds is 4. The van der Waals surface area contributed by atoms with Crippen molar-refractivity contribution in [2.75, 3.05) is 6.54 Å². The third kappa shape index (κ3) is 2.34. The minimum absolute atomic E-state index is 0.0567. The quantitative estimate of drug-likeness (QED) is 0.677. The maximum atomic E-state index is 11.0. The molecule has 94 valence electrons. The summed E-state index contributed by atoms with van der Waals surface area (Å²) in [5.74, 6) is 0.683. The van der Waals surface area contributed by atoms with E-state index < -0.39 is 4.92 Å². The molecule has 2 rings (SSSR count). The monoisotopic (exact) mass is 266 g/mol. The van der Waals surface area contributed by atoms with Crippen LogP contribution in [0.4, 0.5) is 5.69 Å². The first-order valence-electron chi connectivity index (χ1n) is 5.30. The van der Waals surface area contributed by atoms with Crippen molar-refractivity contribution in [3.8, 4) is 5.69 Å². The predicted molar refractivity (Wildman–Crippen MR) is 68.0 cm³/mol. The highest BCUT2D eigenvalue weighted by Crippen LogP contribution is 2.27. The molecule has 0 bridgehead atoms. The van der Waals surface area contributed by atoms with Crippen molar-refractivity contribution in [2.45, 2.75) is 6.42 Å². The number of nitrogens with two attached hydrogens (primary N) is 1. The number of hydrogen-bond donors (Lipinski definition) is 1. The lowest BCUT2D eigenvalue weighted by atomic mass is 10.2. The molecule has 0 saturated carbocycles. The van der Waals surface area contributed by atoms with Gasteiger partial charge in [0.25, 0.3) is 5.69 Å². The Balaban J connectivity index is 2.56. The zero-order valence-electron chi connectivity index (χ0n) is 9.41. The molecule has 0 aliphatic heterocycles. The second kappa shape index (κ2) is 5.16. The van der Waals surface area contributed by atoms with Gasteiger partial charge in [0.2, 0.25) is 0 Å². The normalized spacial score (nSPS) is 10.6. The van der Waals surface area contributed by atoms with Crippen LogP contribution in [0, 0.1) is 10.1 Å². The zero-order chi connectivity index (χ0) is 13.1. The first-order chi connectivity index (χ1) is 8.63. The number of benzene rings is 1. The standard InChI is InChI=1S/C11H11ClN4O2/c12-8-1-2-9(10(7-8)16(17)18)15-6-5-14-11(15)3-4-13/h1-2,5-7H,3-4,13H2.